The highest BCUT2D eigenvalue weighted by Gasteiger charge is 2.22. The zero-order valence-electron chi connectivity index (χ0n) is 13.6. The third-order valence-electron chi connectivity index (χ3n) is 4.54. The number of amides is 1. The number of aliphatic hydroxyl groups is 1. The first kappa shape index (κ1) is 17.1. The summed E-state index contributed by atoms with van der Waals surface area (Å²) in [5.74, 6) is 0.413. The van der Waals surface area contributed by atoms with E-state index in [4.69, 9.17) is 0 Å². The summed E-state index contributed by atoms with van der Waals surface area (Å²) in [6, 6.07) is 9.80. The third kappa shape index (κ3) is 4.63. The van der Waals surface area contributed by atoms with E-state index in [1.54, 1.807) is 10.9 Å². The van der Waals surface area contributed by atoms with Crippen molar-refractivity contribution in [2.45, 2.75) is 18.9 Å². The molecule has 1 saturated heterocycles. The van der Waals surface area contributed by atoms with Gasteiger partial charge in [-0.25, -0.2) is 4.98 Å². The summed E-state index contributed by atoms with van der Waals surface area (Å²) in [4.78, 5) is 18.2. The molecule has 0 bridgehead atoms. The lowest BCUT2D eigenvalue weighted by Gasteiger charge is -2.33. The zero-order valence-corrected chi connectivity index (χ0v) is 14.4. The van der Waals surface area contributed by atoms with Gasteiger partial charge in [0.15, 0.2) is 0 Å². The molecule has 1 aliphatic heterocycles. The van der Waals surface area contributed by atoms with E-state index < -0.39 is 6.10 Å². The summed E-state index contributed by atoms with van der Waals surface area (Å²) < 4.78 is 0. The van der Waals surface area contributed by atoms with Crippen molar-refractivity contribution >= 4 is 17.2 Å². The Balaban J connectivity index is 1.39. The van der Waals surface area contributed by atoms with E-state index >= 15 is 0 Å². The molecule has 2 aromatic rings. The first-order valence-electron chi connectivity index (χ1n) is 8.34. The maximum absolute atomic E-state index is 11.9. The standard InChI is InChI=1S/C18H23N3O2S/c22-17(15-4-2-1-3-5-15)11-21-8-6-14(7-9-21)10-19-18(23)16-12-24-13-20-16/h1-5,12-14,17,22H,6-11H2,(H,19,23)/t17-/m1/s1. The topological polar surface area (TPSA) is 65.5 Å². The molecular weight excluding hydrogens is 322 g/mol. The smallest absolute Gasteiger partial charge is 0.270 e. The Kier molecular flexibility index (Phi) is 5.96. The van der Waals surface area contributed by atoms with Crippen LogP contribution in [0.15, 0.2) is 41.2 Å². The van der Waals surface area contributed by atoms with Crippen LogP contribution in [0.3, 0.4) is 0 Å². The second-order valence-electron chi connectivity index (χ2n) is 6.25. The number of nitrogens with one attached hydrogen (secondary N) is 1. The van der Waals surface area contributed by atoms with Crippen LogP contribution < -0.4 is 5.32 Å². The number of β-amino-alcohol motifs (C(OH)–C–C–N with tert-alkyl or cyclic N) is 1. The average molecular weight is 345 g/mol. The summed E-state index contributed by atoms with van der Waals surface area (Å²) in [5, 5.41) is 15.1. The Morgan fingerprint density at radius 2 is 2.08 bits per heavy atom. The van der Waals surface area contributed by atoms with E-state index in [-0.39, 0.29) is 5.91 Å². The molecule has 1 aromatic carbocycles. The molecule has 1 aliphatic rings. The number of carbonyl (C=O) groups is 1. The van der Waals surface area contributed by atoms with Crippen LogP contribution in [0.4, 0.5) is 0 Å². The van der Waals surface area contributed by atoms with Crippen LogP contribution in [0.5, 0.6) is 0 Å². The van der Waals surface area contributed by atoms with E-state index in [0.29, 0.717) is 24.7 Å². The second kappa shape index (κ2) is 8.37. The largest absolute Gasteiger partial charge is 0.387 e. The fourth-order valence-corrected chi connectivity index (χ4v) is 3.58. The van der Waals surface area contributed by atoms with Gasteiger partial charge in [0.1, 0.15) is 5.69 Å². The third-order valence-corrected chi connectivity index (χ3v) is 5.13. The predicted octanol–water partition coefficient (Wildman–Crippen LogP) is 2.32. The van der Waals surface area contributed by atoms with Gasteiger partial charge in [-0.15, -0.1) is 11.3 Å². The number of aromatic nitrogens is 1. The normalized spacial score (nSPS) is 17.5. The molecule has 2 heterocycles. The molecule has 1 aromatic heterocycles. The lowest BCUT2D eigenvalue weighted by Crippen LogP contribution is -2.40. The maximum atomic E-state index is 11.9. The van der Waals surface area contributed by atoms with Crippen molar-refractivity contribution in [1.82, 2.24) is 15.2 Å². The Morgan fingerprint density at radius 3 is 2.75 bits per heavy atom. The minimum absolute atomic E-state index is 0.0850. The summed E-state index contributed by atoms with van der Waals surface area (Å²) in [6.45, 7) is 3.29. The molecule has 1 amide bonds. The number of piperidine rings is 1. The van der Waals surface area contributed by atoms with E-state index in [1.165, 1.54) is 11.3 Å². The van der Waals surface area contributed by atoms with Crippen LogP contribution in [0.2, 0.25) is 0 Å². The van der Waals surface area contributed by atoms with Crippen molar-refractivity contribution in [2.24, 2.45) is 5.92 Å². The fourth-order valence-electron chi connectivity index (χ4n) is 3.05. The van der Waals surface area contributed by atoms with Crippen LogP contribution in [-0.2, 0) is 0 Å². The van der Waals surface area contributed by atoms with E-state index in [0.717, 1.165) is 31.5 Å². The van der Waals surface area contributed by atoms with Crippen molar-refractivity contribution < 1.29 is 9.90 Å². The molecule has 0 aliphatic carbocycles. The fraction of sp³-hybridized carbons (Fsp3) is 0.444. The van der Waals surface area contributed by atoms with Gasteiger partial charge in [-0.1, -0.05) is 30.3 Å². The summed E-state index contributed by atoms with van der Waals surface area (Å²) >= 11 is 1.43. The number of hydrogen-bond acceptors (Lipinski definition) is 5. The number of hydrogen-bond donors (Lipinski definition) is 2. The van der Waals surface area contributed by atoms with Crippen molar-refractivity contribution in [3.8, 4) is 0 Å². The molecule has 1 fully saturated rings. The zero-order chi connectivity index (χ0) is 16.8. The molecule has 6 heteroatoms. The molecule has 0 saturated carbocycles. The molecule has 5 nitrogen and oxygen atoms in total. The number of benzene rings is 1. The second-order valence-corrected chi connectivity index (χ2v) is 6.97. The molecule has 0 radical (unpaired) electrons. The molecule has 3 rings (SSSR count). The van der Waals surface area contributed by atoms with Gasteiger partial charge < -0.3 is 15.3 Å². The first-order valence-corrected chi connectivity index (χ1v) is 9.28. The van der Waals surface area contributed by atoms with E-state index in [2.05, 4.69) is 15.2 Å². The monoisotopic (exact) mass is 345 g/mol. The molecule has 24 heavy (non-hydrogen) atoms. The van der Waals surface area contributed by atoms with Crippen LogP contribution in [-0.4, -0.2) is 47.1 Å². The molecular formula is C18H23N3O2S. The van der Waals surface area contributed by atoms with Gasteiger partial charge in [0.05, 0.1) is 11.6 Å². The number of carbonyl (C=O) groups excluding carboxylic acids is 1. The summed E-state index contributed by atoms with van der Waals surface area (Å²) in [6.07, 6.45) is 1.64. The van der Waals surface area contributed by atoms with Gasteiger partial charge in [0, 0.05) is 18.5 Å². The van der Waals surface area contributed by atoms with Gasteiger partial charge >= 0.3 is 0 Å². The van der Waals surface area contributed by atoms with Crippen molar-refractivity contribution in [3.63, 3.8) is 0 Å². The number of aliphatic hydroxyl groups excluding tert-OH is 1. The van der Waals surface area contributed by atoms with Crippen molar-refractivity contribution in [3.05, 3.63) is 52.5 Å². The molecule has 128 valence electrons. The van der Waals surface area contributed by atoms with Gasteiger partial charge in [0.25, 0.3) is 5.91 Å². The van der Waals surface area contributed by atoms with Gasteiger partial charge in [-0.3, -0.25) is 4.79 Å². The maximum Gasteiger partial charge on any atom is 0.270 e. The van der Waals surface area contributed by atoms with Gasteiger partial charge in [-0.2, -0.15) is 0 Å². The van der Waals surface area contributed by atoms with Crippen molar-refractivity contribution in [1.29, 1.82) is 0 Å². The Labute approximate surface area is 146 Å². The van der Waals surface area contributed by atoms with Crippen LogP contribution >= 0.6 is 11.3 Å². The lowest BCUT2D eigenvalue weighted by molar-refractivity contribution is 0.0850. The van der Waals surface area contributed by atoms with Crippen LogP contribution in [0.25, 0.3) is 0 Å². The highest BCUT2D eigenvalue weighted by atomic mass is 32.1. The summed E-state index contributed by atoms with van der Waals surface area (Å²) in [5.41, 5.74) is 3.14. The highest BCUT2D eigenvalue weighted by molar-refractivity contribution is 7.07. The van der Waals surface area contributed by atoms with E-state index in [1.807, 2.05) is 30.3 Å². The quantitative estimate of drug-likeness (QED) is 0.843. The molecule has 0 spiro atoms. The number of rotatable bonds is 6. The molecule has 1 atom stereocenters. The summed E-state index contributed by atoms with van der Waals surface area (Å²) in [7, 11) is 0. The van der Waals surface area contributed by atoms with Gasteiger partial charge in [-0.05, 0) is 37.4 Å². The highest BCUT2D eigenvalue weighted by Crippen LogP contribution is 2.20. The van der Waals surface area contributed by atoms with Crippen LogP contribution in [0, 0.1) is 5.92 Å². The SMILES string of the molecule is O=C(NCC1CCN(C[C@@H](O)c2ccccc2)CC1)c1cscn1. The van der Waals surface area contributed by atoms with Gasteiger partial charge in [0.2, 0.25) is 0 Å². The lowest BCUT2D eigenvalue weighted by atomic mass is 9.96. The Morgan fingerprint density at radius 1 is 1.33 bits per heavy atom. The predicted molar refractivity (Wildman–Crippen MR) is 95.0 cm³/mol. The number of thiazole rings is 1. The number of nitrogens with zero attached hydrogens (tertiary/aromatic N) is 2. The minimum atomic E-state index is -0.438. The average Bonchev–Trinajstić information content (AvgIpc) is 3.16. The van der Waals surface area contributed by atoms with E-state index in [9.17, 15) is 9.90 Å². The first-order chi connectivity index (χ1) is 11.7. The molecule has 2 N–H and O–H groups in total. The minimum Gasteiger partial charge on any atom is -0.387 e. The number of likely N-dealkylation sites (tertiary alicyclic amines) is 1. The van der Waals surface area contributed by atoms with Crippen molar-refractivity contribution in [2.75, 3.05) is 26.2 Å². The molecule has 0 unspecified atom stereocenters. The Hall–Kier alpha value is -1.76. The Bertz CT molecular complexity index is 625. The van der Waals surface area contributed by atoms with Crippen LogP contribution in [0.1, 0.15) is 35.0 Å².